The normalized spacial score (nSPS) is 19.0. The predicted molar refractivity (Wildman–Crippen MR) is 92.6 cm³/mol. The van der Waals surface area contributed by atoms with Crippen molar-refractivity contribution in [1.82, 2.24) is 14.7 Å². The highest BCUT2D eigenvalue weighted by Gasteiger charge is 2.32. The summed E-state index contributed by atoms with van der Waals surface area (Å²) in [5.41, 5.74) is 2.80. The molecule has 1 amide bonds. The molecule has 2 heterocycles. The highest BCUT2D eigenvalue weighted by Crippen LogP contribution is 2.31. The van der Waals surface area contributed by atoms with E-state index in [2.05, 4.69) is 10.3 Å². The van der Waals surface area contributed by atoms with Gasteiger partial charge in [0.2, 0.25) is 0 Å². The number of hydrogen-bond donors (Lipinski definition) is 2. The molecule has 0 aliphatic heterocycles. The second-order valence-electron chi connectivity index (χ2n) is 6.33. The van der Waals surface area contributed by atoms with Gasteiger partial charge in [-0.15, -0.1) is 0 Å². The zero-order valence-corrected chi connectivity index (χ0v) is 13.6. The van der Waals surface area contributed by atoms with Crippen molar-refractivity contribution >= 4 is 11.6 Å². The van der Waals surface area contributed by atoms with Crippen LogP contribution < -0.4 is 10.9 Å². The van der Waals surface area contributed by atoms with E-state index in [1.54, 1.807) is 12.3 Å². The van der Waals surface area contributed by atoms with Gasteiger partial charge in [0.1, 0.15) is 11.2 Å². The summed E-state index contributed by atoms with van der Waals surface area (Å²) in [6, 6.07) is 10.6. The number of rotatable bonds is 2. The second-order valence-corrected chi connectivity index (χ2v) is 6.33. The van der Waals surface area contributed by atoms with Crippen LogP contribution in [0.1, 0.15) is 33.1 Å². The van der Waals surface area contributed by atoms with Crippen LogP contribution in [0, 0.1) is 6.92 Å². The lowest BCUT2D eigenvalue weighted by Gasteiger charge is -2.17. The number of fused-ring (bicyclic) bond motifs is 2. The maximum atomic E-state index is 12.6. The Morgan fingerprint density at radius 2 is 2.08 bits per heavy atom. The van der Waals surface area contributed by atoms with E-state index in [1.165, 1.54) is 10.6 Å². The number of aliphatic hydroxyl groups is 1. The van der Waals surface area contributed by atoms with Gasteiger partial charge < -0.3 is 10.4 Å². The van der Waals surface area contributed by atoms with Gasteiger partial charge in [-0.2, -0.15) is 0 Å². The lowest BCUT2D eigenvalue weighted by atomic mass is 10.1. The molecule has 2 atom stereocenters. The number of aliphatic hydroxyl groups excluding tert-OH is 1. The van der Waals surface area contributed by atoms with Gasteiger partial charge in [-0.3, -0.25) is 14.0 Å². The lowest BCUT2D eigenvalue weighted by Crippen LogP contribution is -2.37. The Bertz CT molecular complexity index is 1040. The quantitative estimate of drug-likeness (QED) is 0.741. The Hall–Kier alpha value is -2.99. The van der Waals surface area contributed by atoms with Gasteiger partial charge in [-0.25, -0.2) is 4.98 Å². The largest absolute Gasteiger partial charge is 0.390 e. The van der Waals surface area contributed by atoms with Crippen LogP contribution in [-0.4, -0.2) is 26.5 Å². The molecule has 0 unspecified atom stereocenters. The summed E-state index contributed by atoms with van der Waals surface area (Å²) in [5, 5.41) is 13.0. The van der Waals surface area contributed by atoms with Crippen LogP contribution in [0.25, 0.3) is 5.65 Å². The van der Waals surface area contributed by atoms with Gasteiger partial charge in [0.05, 0.1) is 12.1 Å². The van der Waals surface area contributed by atoms with Crippen LogP contribution in [0.15, 0.2) is 53.6 Å². The molecule has 0 spiro atoms. The molecule has 0 saturated carbocycles. The van der Waals surface area contributed by atoms with E-state index in [4.69, 9.17) is 0 Å². The minimum Gasteiger partial charge on any atom is -0.390 e. The average Bonchev–Trinajstić information content (AvgIpc) is 2.91. The van der Waals surface area contributed by atoms with E-state index in [0.29, 0.717) is 12.1 Å². The number of benzene rings is 1. The van der Waals surface area contributed by atoms with Crippen LogP contribution in [0.3, 0.4) is 0 Å². The summed E-state index contributed by atoms with van der Waals surface area (Å²) in [5.74, 6) is -0.533. The van der Waals surface area contributed by atoms with Gasteiger partial charge in [0.25, 0.3) is 11.5 Å². The highest BCUT2D eigenvalue weighted by molar-refractivity contribution is 5.94. The molecule has 6 nitrogen and oxygen atoms in total. The minimum absolute atomic E-state index is 0.0420. The monoisotopic (exact) mass is 335 g/mol. The molecule has 0 fully saturated rings. The number of hydrogen-bond acceptors (Lipinski definition) is 4. The zero-order valence-electron chi connectivity index (χ0n) is 13.6. The third-order valence-corrected chi connectivity index (χ3v) is 4.59. The Balaban J connectivity index is 1.69. The fourth-order valence-electron chi connectivity index (χ4n) is 3.31. The number of pyridine rings is 1. The second kappa shape index (κ2) is 5.82. The van der Waals surface area contributed by atoms with E-state index < -0.39 is 23.6 Å². The zero-order chi connectivity index (χ0) is 17.6. The summed E-state index contributed by atoms with van der Waals surface area (Å²) < 4.78 is 1.36. The number of aromatic nitrogens is 2. The standard InChI is InChI=1S/C19H17N3O3/c1-11-6-7-16-20-9-14(19(25)22(16)10-11)18(24)21-17-13-5-3-2-4-12(13)8-15(17)23/h2-7,9-10,15,17,23H,8H2,1H3,(H,21,24)/t15-,17+/m0/s1. The van der Waals surface area contributed by atoms with E-state index in [-0.39, 0.29) is 5.56 Å². The van der Waals surface area contributed by atoms with Crippen LogP contribution in [-0.2, 0) is 6.42 Å². The Kier molecular flexibility index (Phi) is 3.62. The molecule has 6 heteroatoms. The first kappa shape index (κ1) is 15.5. The Morgan fingerprint density at radius 3 is 2.92 bits per heavy atom. The van der Waals surface area contributed by atoms with Crippen LogP contribution >= 0.6 is 0 Å². The smallest absolute Gasteiger partial charge is 0.270 e. The summed E-state index contributed by atoms with van der Waals surface area (Å²) in [6.07, 6.45) is 2.71. The molecule has 3 aromatic rings. The molecule has 2 N–H and O–H groups in total. The summed E-state index contributed by atoms with van der Waals surface area (Å²) in [6.45, 7) is 1.87. The fraction of sp³-hybridized carbons (Fsp3) is 0.211. The molecule has 0 bridgehead atoms. The van der Waals surface area contributed by atoms with Crippen molar-refractivity contribution in [2.75, 3.05) is 0 Å². The van der Waals surface area contributed by atoms with Crippen molar-refractivity contribution in [3.05, 3.63) is 81.4 Å². The lowest BCUT2D eigenvalue weighted by molar-refractivity contribution is 0.0856. The first-order valence-electron chi connectivity index (χ1n) is 8.09. The molecule has 2 aromatic heterocycles. The van der Waals surface area contributed by atoms with Gasteiger partial charge in [-0.05, 0) is 29.7 Å². The molecule has 0 radical (unpaired) electrons. The number of carbonyl (C=O) groups excluding carboxylic acids is 1. The highest BCUT2D eigenvalue weighted by atomic mass is 16.3. The Morgan fingerprint density at radius 1 is 1.28 bits per heavy atom. The van der Waals surface area contributed by atoms with Gasteiger partial charge in [-0.1, -0.05) is 30.3 Å². The van der Waals surface area contributed by atoms with E-state index in [1.807, 2.05) is 37.3 Å². The minimum atomic E-state index is -0.709. The van der Waals surface area contributed by atoms with Gasteiger partial charge in [0, 0.05) is 18.8 Å². The molecule has 1 aliphatic rings. The molecule has 1 aliphatic carbocycles. The van der Waals surface area contributed by atoms with Crippen molar-refractivity contribution in [3.8, 4) is 0 Å². The van der Waals surface area contributed by atoms with Crippen molar-refractivity contribution in [2.45, 2.75) is 25.5 Å². The number of nitrogens with zero attached hydrogens (tertiary/aromatic N) is 2. The maximum absolute atomic E-state index is 12.6. The van der Waals surface area contributed by atoms with E-state index in [9.17, 15) is 14.7 Å². The third-order valence-electron chi connectivity index (χ3n) is 4.59. The number of amides is 1. The molecule has 1 aromatic carbocycles. The predicted octanol–water partition coefficient (Wildman–Crippen LogP) is 1.39. The molecular weight excluding hydrogens is 318 g/mol. The molecule has 4 rings (SSSR count). The van der Waals surface area contributed by atoms with Crippen molar-refractivity contribution in [1.29, 1.82) is 0 Å². The van der Waals surface area contributed by atoms with E-state index in [0.717, 1.165) is 16.7 Å². The molecular formula is C19H17N3O3. The number of nitrogens with one attached hydrogen (secondary N) is 1. The maximum Gasteiger partial charge on any atom is 0.270 e. The topological polar surface area (TPSA) is 83.7 Å². The first-order chi connectivity index (χ1) is 12.0. The van der Waals surface area contributed by atoms with Crippen LogP contribution in [0.2, 0.25) is 0 Å². The van der Waals surface area contributed by atoms with Crippen molar-refractivity contribution < 1.29 is 9.90 Å². The number of carbonyl (C=O) groups is 1. The SMILES string of the molecule is Cc1ccc2ncc(C(=O)N[C@@H]3c4ccccc4C[C@@H]3O)c(=O)n2c1. The van der Waals surface area contributed by atoms with Crippen molar-refractivity contribution in [2.24, 2.45) is 0 Å². The van der Waals surface area contributed by atoms with Gasteiger partial charge in [0.15, 0.2) is 0 Å². The van der Waals surface area contributed by atoms with Crippen molar-refractivity contribution in [3.63, 3.8) is 0 Å². The third kappa shape index (κ3) is 2.60. The molecule has 126 valence electrons. The average molecular weight is 335 g/mol. The summed E-state index contributed by atoms with van der Waals surface area (Å²) >= 11 is 0. The van der Waals surface area contributed by atoms with Crippen LogP contribution in [0.4, 0.5) is 0 Å². The fourth-order valence-corrected chi connectivity index (χ4v) is 3.31. The van der Waals surface area contributed by atoms with E-state index >= 15 is 0 Å². The molecule has 0 saturated heterocycles. The summed E-state index contributed by atoms with van der Waals surface area (Å²) in [4.78, 5) is 29.4. The first-order valence-corrected chi connectivity index (χ1v) is 8.09. The summed E-state index contributed by atoms with van der Waals surface area (Å²) in [7, 11) is 0. The van der Waals surface area contributed by atoms with Crippen LogP contribution in [0.5, 0.6) is 0 Å². The molecule has 25 heavy (non-hydrogen) atoms. The van der Waals surface area contributed by atoms with Gasteiger partial charge >= 0.3 is 0 Å². The number of aryl methyl sites for hydroxylation is 1. The Labute approximate surface area is 143 Å².